The standard InChI is InChI=1S/C15H21N3O2/c1-10(2)18(4)8-7-12-9-16-13-5-6-14(17-15(12)13)20-11(3)19/h5-6,9-10,16H,7-8H2,1-4H3. The van der Waals surface area contributed by atoms with Gasteiger partial charge < -0.3 is 14.6 Å². The number of esters is 1. The lowest BCUT2D eigenvalue weighted by molar-refractivity contribution is -0.132. The molecule has 0 aromatic carbocycles. The second-order valence-corrected chi connectivity index (χ2v) is 5.28. The highest BCUT2D eigenvalue weighted by Crippen LogP contribution is 2.20. The van der Waals surface area contributed by atoms with Gasteiger partial charge in [0.25, 0.3) is 0 Å². The second-order valence-electron chi connectivity index (χ2n) is 5.28. The predicted octanol–water partition coefficient (Wildman–Crippen LogP) is 2.37. The minimum Gasteiger partial charge on any atom is -0.408 e. The lowest BCUT2D eigenvalue weighted by Crippen LogP contribution is -2.28. The lowest BCUT2D eigenvalue weighted by Gasteiger charge is -2.20. The Morgan fingerprint density at radius 1 is 1.45 bits per heavy atom. The fourth-order valence-corrected chi connectivity index (χ4v) is 1.99. The van der Waals surface area contributed by atoms with E-state index < -0.39 is 0 Å². The Hall–Kier alpha value is -1.88. The molecule has 0 saturated heterocycles. The van der Waals surface area contributed by atoms with Gasteiger partial charge >= 0.3 is 5.97 Å². The average Bonchev–Trinajstić information content (AvgIpc) is 2.77. The van der Waals surface area contributed by atoms with Crippen LogP contribution in [-0.4, -0.2) is 40.5 Å². The van der Waals surface area contributed by atoms with Crippen molar-refractivity contribution in [2.45, 2.75) is 33.2 Å². The SMILES string of the molecule is CC(=O)Oc1ccc2[nH]cc(CCN(C)C(C)C)c2n1. The van der Waals surface area contributed by atoms with Crippen molar-refractivity contribution in [3.05, 3.63) is 23.9 Å². The van der Waals surface area contributed by atoms with Gasteiger partial charge in [-0.3, -0.25) is 4.79 Å². The second kappa shape index (κ2) is 6.05. The first kappa shape index (κ1) is 14.5. The van der Waals surface area contributed by atoms with E-state index in [2.05, 4.69) is 35.8 Å². The van der Waals surface area contributed by atoms with Crippen molar-refractivity contribution in [3.8, 4) is 5.88 Å². The van der Waals surface area contributed by atoms with E-state index >= 15 is 0 Å². The molecule has 0 aliphatic rings. The Morgan fingerprint density at radius 2 is 2.20 bits per heavy atom. The highest BCUT2D eigenvalue weighted by atomic mass is 16.5. The van der Waals surface area contributed by atoms with Crippen LogP contribution in [0.2, 0.25) is 0 Å². The van der Waals surface area contributed by atoms with Crippen molar-refractivity contribution >= 4 is 17.0 Å². The summed E-state index contributed by atoms with van der Waals surface area (Å²) in [5, 5.41) is 0. The summed E-state index contributed by atoms with van der Waals surface area (Å²) in [6, 6.07) is 4.10. The van der Waals surface area contributed by atoms with Gasteiger partial charge in [-0.05, 0) is 38.9 Å². The van der Waals surface area contributed by atoms with Crippen LogP contribution in [0.1, 0.15) is 26.3 Å². The van der Waals surface area contributed by atoms with Gasteiger partial charge in [-0.2, -0.15) is 0 Å². The number of carbonyl (C=O) groups is 1. The number of aromatic nitrogens is 2. The predicted molar refractivity (Wildman–Crippen MR) is 78.9 cm³/mol. The fraction of sp³-hybridized carbons (Fsp3) is 0.467. The minimum absolute atomic E-state index is 0.350. The van der Waals surface area contributed by atoms with Crippen molar-refractivity contribution in [3.63, 3.8) is 0 Å². The highest BCUT2D eigenvalue weighted by molar-refractivity contribution is 5.80. The number of nitrogens with zero attached hydrogens (tertiary/aromatic N) is 2. The van der Waals surface area contributed by atoms with Crippen LogP contribution >= 0.6 is 0 Å². The molecule has 0 saturated carbocycles. The number of nitrogens with one attached hydrogen (secondary N) is 1. The van der Waals surface area contributed by atoms with Gasteiger partial charge in [0, 0.05) is 31.8 Å². The van der Waals surface area contributed by atoms with Gasteiger partial charge in [-0.1, -0.05) is 0 Å². The molecule has 108 valence electrons. The van der Waals surface area contributed by atoms with Crippen molar-refractivity contribution in [2.75, 3.05) is 13.6 Å². The largest absolute Gasteiger partial charge is 0.408 e. The molecule has 0 unspecified atom stereocenters. The van der Waals surface area contributed by atoms with Crippen molar-refractivity contribution < 1.29 is 9.53 Å². The smallest absolute Gasteiger partial charge is 0.309 e. The topological polar surface area (TPSA) is 58.2 Å². The fourth-order valence-electron chi connectivity index (χ4n) is 1.99. The zero-order chi connectivity index (χ0) is 14.7. The minimum atomic E-state index is -0.353. The molecule has 0 amide bonds. The first-order valence-electron chi connectivity index (χ1n) is 6.83. The van der Waals surface area contributed by atoms with Crippen LogP contribution in [0.5, 0.6) is 5.88 Å². The molecule has 2 aromatic rings. The lowest BCUT2D eigenvalue weighted by atomic mass is 10.2. The van der Waals surface area contributed by atoms with Gasteiger partial charge in [0.15, 0.2) is 0 Å². The molecule has 2 heterocycles. The summed E-state index contributed by atoms with van der Waals surface area (Å²) in [6.45, 7) is 6.68. The molecule has 0 radical (unpaired) electrons. The summed E-state index contributed by atoms with van der Waals surface area (Å²) < 4.78 is 5.04. The van der Waals surface area contributed by atoms with Crippen LogP contribution in [0.4, 0.5) is 0 Å². The van der Waals surface area contributed by atoms with Crippen LogP contribution in [0, 0.1) is 0 Å². The first-order valence-corrected chi connectivity index (χ1v) is 6.83. The molecule has 1 N–H and O–H groups in total. The van der Waals surface area contributed by atoms with Gasteiger partial charge in [0.2, 0.25) is 5.88 Å². The summed E-state index contributed by atoms with van der Waals surface area (Å²) in [5.74, 6) is -0.00320. The molecule has 0 fully saturated rings. The van der Waals surface area contributed by atoms with E-state index in [1.165, 1.54) is 6.92 Å². The molecule has 0 atom stereocenters. The molecule has 0 aliphatic carbocycles. The number of fused-ring (bicyclic) bond motifs is 1. The third-order valence-corrected chi connectivity index (χ3v) is 3.44. The number of H-pyrrole nitrogens is 1. The number of hydrogen-bond donors (Lipinski definition) is 1. The number of carbonyl (C=O) groups excluding carboxylic acids is 1. The van der Waals surface area contributed by atoms with Crippen LogP contribution in [0.15, 0.2) is 18.3 Å². The van der Waals surface area contributed by atoms with Crippen molar-refractivity contribution in [1.82, 2.24) is 14.9 Å². The monoisotopic (exact) mass is 275 g/mol. The summed E-state index contributed by atoms with van der Waals surface area (Å²) in [4.78, 5) is 20.9. The number of ether oxygens (including phenoxy) is 1. The Labute approximate surface area is 118 Å². The average molecular weight is 275 g/mol. The maximum atomic E-state index is 11.0. The van der Waals surface area contributed by atoms with Crippen LogP contribution in [0.3, 0.4) is 0 Å². The van der Waals surface area contributed by atoms with Gasteiger partial charge in [-0.15, -0.1) is 0 Å². The molecule has 2 rings (SSSR count). The van der Waals surface area contributed by atoms with Crippen molar-refractivity contribution in [1.29, 1.82) is 0 Å². The molecule has 0 aliphatic heterocycles. The molecular formula is C15H21N3O2. The molecular weight excluding hydrogens is 254 g/mol. The zero-order valence-electron chi connectivity index (χ0n) is 12.4. The van der Waals surface area contributed by atoms with E-state index in [1.54, 1.807) is 6.07 Å². The zero-order valence-corrected chi connectivity index (χ0v) is 12.4. The highest BCUT2D eigenvalue weighted by Gasteiger charge is 2.10. The third-order valence-electron chi connectivity index (χ3n) is 3.44. The Balaban J connectivity index is 2.18. The van der Waals surface area contributed by atoms with Crippen LogP contribution in [-0.2, 0) is 11.2 Å². The van der Waals surface area contributed by atoms with E-state index in [-0.39, 0.29) is 5.97 Å². The Kier molecular flexibility index (Phi) is 4.39. The summed E-state index contributed by atoms with van der Waals surface area (Å²) in [7, 11) is 2.11. The summed E-state index contributed by atoms with van der Waals surface area (Å²) in [6.07, 6.45) is 2.88. The third kappa shape index (κ3) is 3.36. The maximum Gasteiger partial charge on any atom is 0.309 e. The Bertz CT molecular complexity index is 604. The molecule has 0 spiro atoms. The number of pyridine rings is 1. The van der Waals surface area contributed by atoms with Gasteiger partial charge in [0.05, 0.1) is 11.0 Å². The van der Waals surface area contributed by atoms with E-state index in [1.807, 2.05) is 12.3 Å². The van der Waals surface area contributed by atoms with Gasteiger partial charge in [0.1, 0.15) is 0 Å². The Morgan fingerprint density at radius 3 is 2.85 bits per heavy atom. The number of rotatable bonds is 5. The van der Waals surface area contributed by atoms with Crippen LogP contribution < -0.4 is 4.74 Å². The molecule has 20 heavy (non-hydrogen) atoms. The molecule has 5 nitrogen and oxygen atoms in total. The molecule has 0 bridgehead atoms. The maximum absolute atomic E-state index is 11.0. The number of hydrogen-bond acceptors (Lipinski definition) is 4. The number of likely N-dealkylation sites (N-methyl/N-ethyl adjacent to an activating group) is 1. The van der Waals surface area contributed by atoms with E-state index in [4.69, 9.17) is 4.74 Å². The van der Waals surface area contributed by atoms with Crippen LogP contribution in [0.25, 0.3) is 11.0 Å². The van der Waals surface area contributed by atoms with Gasteiger partial charge in [-0.25, -0.2) is 4.98 Å². The van der Waals surface area contributed by atoms with Crippen molar-refractivity contribution in [2.24, 2.45) is 0 Å². The summed E-state index contributed by atoms with van der Waals surface area (Å²) in [5.41, 5.74) is 2.98. The van der Waals surface area contributed by atoms with E-state index in [0.717, 1.165) is 29.6 Å². The molecule has 2 aromatic heterocycles. The van der Waals surface area contributed by atoms with E-state index in [0.29, 0.717) is 11.9 Å². The normalized spacial score (nSPS) is 11.5. The molecule has 5 heteroatoms. The van der Waals surface area contributed by atoms with E-state index in [9.17, 15) is 4.79 Å². The quantitative estimate of drug-likeness (QED) is 0.851. The summed E-state index contributed by atoms with van der Waals surface area (Å²) >= 11 is 0. The number of aromatic amines is 1. The first-order chi connectivity index (χ1) is 9.47.